The maximum atomic E-state index is 12.3. The summed E-state index contributed by atoms with van der Waals surface area (Å²) in [4.78, 5) is 14.6. The molecule has 1 saturated heterocycles. The molecule has 1 aromatic carbocycles. The van der Waals surface area contributed by atoms with Gasteiger partial charge in [0.1, 0.15) is 6.10 Å². The zero-order valence-electron chi connectivity index (χ0n) is 18.2. The van der Waals surface area contributed by atoms with E-state index < -0.39 is 0 Å². The number of morpholine rings is 1. The lowest BCUT2D eigenvalue weighted by Crippen LogP contribution is -2.43. The van der Waals surface area contributed by atoms with Crippen molar-refractivity contribution in [2.24, 2.45) is 0 Å². The third-order valence-corrected chi connectivity index (χ3v) is 5.26. The molecule has 29 heavy (non-hydrogen) atoms. The van der Waals surface area contributed by atoms with Crippen molar-refractivity contribution < 1.29 is 19.0 Å². The predicted molar refractivity (Wildman–Crippen MR) is 116 cm³/mol. The average Bonchev–Trinajstić information content (AvgIpc) is 2.74. The third-order valence-electron chi connectivity index (χ3n) is 5.26. The van der Waals surface area contributed by atoms with Crippen LogP contribution in [0, 0.1) is 0 Å². The van der Waals surface area contributed by atoms with Crippen molar-refractivity contribution in [2.75, 3.05) is 39.5 Å². The highest BCUT2D eigenvalue weighted by Crippen LogP contribution is 2.11. The quantitative estimate of drug-likeness (QED) is 0.316. The third kappa shape index (κ3) is 11.4. The van der Waals surface area contributed by atoms with Gasteiger partial charge in [-0.15, -0.1) is 0 Å². The first-order valence-electron chi connectivity index (χ1n) is 11.4. The van der Waals surface area contributed by atoms with Gasteiger partial charge in [0.2, 0.25) is 0 Å². The minimum Gasteiger partial charge on any atom is -0.459 e. The molecule has 1 atom stereocenters. The molecule has 0 spiro atoms. The highest BCUT2D eigenvalue weighted by molar-refractivity contribution is 5.69. The van der Waals surface area contributed by atoms with E-state index in [9.17, 15) is 4.79 Å². The van der Waals surface area contributed by atoms with Gasteiger partial charge in [0.05, 0.1) is 26.4 Å². The fraction of sp³-hybridized carbons (Fsp3) is 0.708. The Morgan fingerprint density at radius 3 is 2.45 bits per heavy atom. The van der Waals surface area contributed by atoms with E-state index in [1.165, 1.54) is 32.1 Å². The highest BCUT2D eigenvalue weighted by Gasteiger charge is 2.20. The molecular weight excluding hydrogens is 366 g/mol. The van der Waals surface area contributed by atoms with Gasteiger partial charge >= 0.3 is 5.97 Å². The van der Waals surface area contributed by atoms with Gasteiger partial charge in [-0.2, -0.15) is 0 Å². The molecule has 1 heterocycles. The van der Waals surface area contributed by atoms with E-state index in [-0.39, 0.29) is 12.1 Å². The smallest absolute Gasteiger partial charge is 0.306 e. The van der Waals surface area contributed by atoms with E-state index in [0.717, 1.165) is 44.7 Å². The fourth-order valence-corrected chi connectivity index (χ4v) is 3.55. The maximum Gasteiger partial charge on any atom is 0.306 e. The normalized spacial score (nSPS) is 15.9. The topological polar surface area (TPSA) is 48.0 Å². The first-order valence-corrected chi connectivity index (χ1v) is 11.4. The van der Waals surface area contributed by atoms with E-state index in [1.54, 1.807) is 0 Å². The largest absolute Gasteiger partial charge is 0.459 e. The molecule has 1 aliphatic heterocycles. The van der Waals surface area contributed by atoms with Crippen LogP contribution >= 0.6 is 0 Å². The molecule has 1 unspecified atom stereocenters. The number of hydrogen-bond donors (Lipinski definition) is 0. The van der Waals surface area contributed by atoms with Crippen LogP contribution in [-0.2, 0) is 25.6 Å². The summed E-state index contributed by atoms with van der Waals surface area (Å²) in [6, 6.07) is 10.1. The Morgan fingerprint density at radius 1 is 1.03 bits per heavy atom. The molecule has 1 fully saturated rings. The Balaban J connectivity index is 1.69. The first kappa shape index (κ1) is 23.8. The lowest BCUT2D eigenvalue weighted by atomic mass is 10.1. The molecule has 2 rings (SSSR count). The van der Waals surface area contributed by atoms with Gasteiger partial charge in [-0.1, -0.05) is 75.8 Å². The Hall–Kier alpha value is -1.43. The number of carbonyl (C=O) groups is 1. The number of hydrogen-bond acceptors (Lipinski definition) is 5. The minimum atomic E-state index is -0.228. The molecule has 0 radical (unpaired) electrons. The predicted octanol–water partition coefficient (Wildman–Crippen LogP) is 4.59. The average molecular weight is 406 g/mol. The van der Waals surface area contributed by atoms with Crippen LogP contribution < -0.4 is 0 Å². The molecule has 0 saturated carbocycles. The Kier molecular flexibility index (Phi) is 12.7. The van der Waals surface area contributed by atoms with Crippen molar-refractivity contribution in [1.82, 2.24) is 4.90 Å². The molecule has 0 aromatic heterocycles. The van der Waals surface area contributed by atoms with E-state index in [4.69, 9.17) is 14.2 Å². The van der Waals surface area contributed by atoms with Crippen LogP contribution in [0.25, 0.3) is 0 Å². The van der Waals surface area contributed by atoms with Crippen molar-refractivity contribution in [3.63, 3.8) is 0 Å². The van der Waals surface area contributed by atoms with Gasteiger partial charge in [0.15, 0.2) is 0 Å². The summed E-state index contributed by atoms with van der Waals surface area (Å²) in [6.45, 7) is 7.14. The van der Waals surface area contributed by atoms with Gasteiger partial charge in [-0.05, 0) is 12.0 Å². The van der Waals surface area contributed by atoms with Crippen LogP contribution in [0.4, 0.5) is 0 Å². The molecule has 1 aliphatic rings. The number of nitrogens with zero attached hydrogens (tertiary/aromatic N) is 1. The van der Waals surface area contributed by atoms with Crippen molar-refractivity contribution >= 4 is 5.97 Å². The minimum absolute atomic E-state index is 0.0971. The van der Waals surface area contributed by atoms with Crippen LogP contribution in [0.15, 0.2) is 30.3 Å². The number of benzene rings is 1. The van der Waals surface area contributed by atoms with E-state index in [1.807, 2.05) is 30.3 Å². The van der Waals surface area contributed by atoms with Gasteiger partial charge in [-0.3, -0.25) is 9.69 Å². The SMILES string of the molecule is CCCCCCCCCC(=O)OC(COCc1ccccc1)CN1CCOCC1. The summed E-state index contributed by atoms with van der Waals surface area (Å²) >= 11 is 0. The number of unbranched alkanes of at least 4 members (excludes halogenated alkanes) is 6. The molecule has 5 nitrogen and oxygen atoms in total. The van der Waals surface area contributed by atoms with Crippen molar-refractivity contribution in [3.8, 4) is 0 Å². The van der Waals surface area contributed by atoms with Crippen molar-refractivity contribution in [1.29, 1.82) is 0 Å². The molecule has 1 aromatic rings. The summed E-state index contributed by atoms with van der Waals surface area (Å²) in [5, 5.41) is 0. The molecular formula is C24H39NO4. The monoisotopic (exact) mass is 405 g/mol. The standard InChI is InChI=1S/C24H39NO4/c1-2-3-4-5-6-7-11-14-24(26)29-23(19-25-15-17-27-18-16-25)21-28-20-22-12-9-8-10-13-22/h8-10,12-13,23H,2-7,11,14-21H2,1H3. The number of rotatable bonds is 15. The van der Waals surface area contributed by atoms with Crippen LogP contribution in [0.5, 0.6) is 0 Å². The Bertz CT molecular complexity index is 531. The highest BCUT2D eigenvalue weighted by atomic mass is 16.6. The zero-order chi connectivity index (χ0) is 20.6. The Morgan fingerprint density at radius 2 is 1.72 bits per heavy atom. The first-order chi connectivity index (χ1) is 14.3. The van der Waals surface area contributed by atoms with Crippen LogP contribution in [-0.4, -0.2) is 56.4 Å². The molecule has 0 bridgehead atoms. The van der Waals surface area contributed by atoms with E-state index in [0.29, 0.717) is 26.2 Å². The lowest BCUT2D eigenvalue weighted by molar-refractivity contribution is -0.154. The second kappa shape index (κ2) is 15.4. The summed E-state index contributed by atoms with van der Waals surface area (Å²) in [6.07, 6.45) is 8.68. The maximum absolute atomic E-state index is 12.3. The number of ether oxygens (including phenoxy) is 3. The Labute approximate surface area is 176 Å². The van der Waals surface area contributed by atoms with Crippen LogP contribution in [0.1, 0.15) is 63.9 Å². The number of carbonyl (C=O) groups excluding carboxylic acids is 1. The molecule has 0 N–H and O–H groups in total. The zero-order valence-corrected chi connectivity index (χ0v) is 18.2. The van der Waals surface area contributed by atoms with Crippen molar-refractivity contribution in [3.05, 3.63) is 35.9 Å². The van der Waals surface area contributed by atoms with Crippen LogP contribution in [0.3, 0.4) is 0 Å². The lowest BCUT2D eigenvalue weighted by Gasteiger charge is -2.30. The second-order valence-corrected chi connectivity index (χ2v) is 7.90. The van der Waals surface area contributed by atoms with Crippen LogP contribution in [0.2, 0.25) is 0 Å². The van der Waals surface area contributed by atoms with E-state index in [2.05, 4.69) is 11.8 Å². The number of esters is 1. The molecule has 0 aliphatic carbocycles. The van der Waals surface area contributed by atoms with Gasteiger partial charge in [0.25, 0.3) is 0 Å². The second-order valence-electron chi connectivity index (χ2n) is 7.90. The molecule has 0 amide bonds. The summed E-state index contributed by atoms with van der Waals surface area (Å²) in [7, 11) is 0. The van der Waals surface area contributed by atoms with Gasteiger partial charge in [-0.25, -0.2) is 0 Å². The van der Waals surface area contributed by atoms with Gasteiger partial charge < -0.3 is 14.2 Å². The summed E-state index contributed by atoms with van der Waals surface area (Å²) < 4.78 is 17.1. The molecule has 5 heteroatoms. The summed E-state index contributed by atoms with van der Waals surface area (Å²) in [5.41, 5.74) is 1.13. The fourth-order valence-electron chi connectivity index (χ4n) is 3.55. The molecule has 164 valence electrons. The van der Waals surface area contributed by atoms with Crippen molar-refractivity contribution in [2.45, 2.75) is 71.0 Å². The van der Waals surface area contributed by atoms with E-state index >= 15 is 0 Å². The summed E-state index contributed by atoms with van der Waals surface area (Å²) in [5.74, 6) is -0.0971. The van der Waals surface area contributed by atoms with Gasteiger partial charge in [0, 0.05) is 26.1 Å².